The van der Waals surface area contributed by atoms with Crippen molar-refractivity contribution < 1.29 is 27.4 Å². The highest BCUT2D eigenvalue weighted by Crippen LogP contribution is 2.31. The van der Waals surface area contributed by atoms with E-state index in [4.69, 9.17) is 14.2 Å². The van der Waals surface area contributed by atoms with Crippen molar-refractivity contribution in [3.63, 3.8) is 0 Å². The van der Waals surface area contributed by atoms with Crippen LogP contribution in [0.5, 0.6) is 17.2 Å². The van der Waals surface area contributed by atoms with Crippen LogP contribution in [0, 0.1) is 12.8 Å². The predicted molar refractivity (Wildman–Crippen MR) is 121 cm³/mol. The van der Waals surface area contributed by atoms with Gasteiger partial charge in [0.25, 0.3) is 0 Å². The maximum absolute atomic E-state index is 13.3. The standard InChI is InChI=1S/C23H30N2O6S/c1-16-10-11-21(31-4)22(13-16)32(27,28)25-12-6-7-17(15-25)23(26)24-14-18-19(29-2)8-5-9-20(18)30-3/h5,8-11,13,17H,6-7,12,14-15H2,1-4H3,(H,24,26)/t17-/m1/s1. The lowest BCUT2D eigenvalue weighted by Gasteiger charge is -2.31. The number of sulfonamides is 1. The van der Waals surface area contributed by atoms with Crippen molar-refractivity contribution in [3.8, 4) is 17.2 Å². The molecule has 0 saturated carbocycles. The summed E-state index contributed by atoms with van der Waals surface area (Å²) in [7, 11) is 0.771. The number of nitrogens with zero attached hydrogens (tertiary/aromatic N) is 1. The van der Waals surface area contributed by atoms with Gasteiger partial charge in [-0.3, -0.25) is 4.79 Å². The Hall–Kier alpha value is -2.78. The zero-order chi connectivity index (χ0) is 23.3. The summed E-state index contributed by atoms with van der Waals surface area (Å²) >= 11 is 0. The van der Waals surface area contributed by atoms with Crippen LogP contribution in [0.2, 0.25) is 0 Å². The van der Waals surface area contributed by atoms with Gasteiger partial charge in [-0.05, 0) is 49.6 Å². The summed E-state index contributed by atoms with van der Waals surface area (Å²) in [6.07, 6.45) is 1.22. The summed E-state index contributed by atoms with van der Waals surface area (Å²) in [5.74, 6) is 0.877. The zero-order valence-corrected chi connectivity index (χ0v) is 19.7. The molecule has 3 rings (SSSR count). The zero-order valence-electron chi connectivity index (χ0n) is 18.9. The van der Waals surface area contributed by atoms with Gasteiger partial charge >= 0.3 is 0 Å². The Morgan fingerprint density at radius 2 is 1.72 bits per heavy atom. The van der Waals surface area contributed by atoms with Crippen LogP contribution in [0.3, 0.4) is 0 Å². The SMILES string of the molecule is COc1ccc(C)cc1S(=O)(=O)N1CCC[C@@H](C(=O)NCc2c(OC)cccc2OC)C1. The molecule has 32 heavy (non-hydrogen) atoms. The van der Waals surface area contributed by atoms with Crippen molar-refractivity contribution in [2.24, 2.45) is 5.92 Å². The number of methoxy groups -OCH3 is 3. The van der Waals surface area contributed by atoms with E-state index in [0.29, 0.717) is 36.6 Å². The molecule has 1 amide bonds. The lowest BCUT2D eigenvalue weighted by molar-refractivity contribution is -0.126. The van der Waals surface area contributed by atoms with Crippen LogP contribution in [-0.4, -0.2) is 53.0 Å². The first-order valence-electron chi connectivity index (χ1n) is 10.4. The van der Waals surface area contributed by atoms with E-state index in [2.05, 4.69) is 5.32 Å². The Labute approximate surface area is 189 Å². The van der Waals surface area contributed by atoms with E-state index < -0.39 is 15.9 Å². The van der Waals surface area contributed by atoms with Crippen LogP contribution in [0.15, 0.2) is 41.3 Å². The predicted octanol–water partition coefficient (Wildman–Crippen LogP) is 2.74. The number of benzene rings is 2. The van der Waals surface area contributed by atoms with E-state index in [9.17, 15) is 13.2 Å². The number of carbonyl (C=O) groups excluding carboxylic acids is 1. The average Bonchev–Trinajstić information content (AvgIpc) is 2.82. The van der Waals surface area contributed by atoms with Crippen LogP contribution >= 0.6 is 0 Å². The molecule has 174 valence electrons. The quantitative estimate of drug-likeness (QED) is 0.648. The molecule has 1 fully saturated rings. The fourth-order valence-corrected chi connectivity index (χ4v) is 5.69. The molecule has 2 aromatic carbocycles. The van der Waals surface area contributed by atoms with Crippen molar-refractivity contribution in [1.82, 2.24) is 9.62 Å². The number of amides is 1. The first-order valence-corrected chi connectivity index (χ1v) is 11.9. The Morgan fingerprint density at radius 1 is 1.06 bits per heavy atom. The summed E-state index contributed by atoms with van der Waals surface area (Å²) in [4.78, 5) is 13.0. The number of carbonyl (C=O) groups is 1. The molecule has 2 aromatic rings. The van der Waals surface area contributed by atoms with Crippen LogP contribution < -0.4 is 19.5 Å². The molecule has 8 nitrogen and oxygen atoms in total. The van der Waals surface area contributed by atoms with Crippen LogP contribution in [0.4, 0.5) is 0 Å². The second-order valence-electron chi connectivity index (χ2n) is 7.72. The molecule has 1 N–H and O–H groups in total. The monoisotopic (exact) mass is 462 g/mol. The molecular formula is C23H30N2O6S. The average molecular weight is 463 g/mol. The van der Waals surface area contributed by atoms with Crippen LogP contribution in [0.25, 0.3) is 0 Å². The van der Waals surface area contributed by atoms with Gasteiger partial charge in [0.1, 0.15) is 22.1 Å². The van der Waals surface area contributed by atoms with Crippen molar-refractivity contribution in [2.75, 3.05) is 34.4 Å². The fourth-order valence-electron chi connectivity index (χ4n) is 3.92. The van der Waals surface area contributed by atoms with E-state index in [1.54, 1.807) is 44.6 Å². The van der Waals surface area contributed by atoms with E-state index >= 15 is 0 Å². The Morgan fingerprint density at radius 3 is 2.34 bits per heavy atom. The number of nitrogens with one attached hydrogen (secondary N) is 1. The molecule has 9 heteroatoms. The number of hydrogen-bond donors (Lipinski definition) is 1. The fraction of sp³-hybridized carbons (Fsp3) is 0.435. The van der Waals surface area contributed by atoms with Gasteiger partial charge in [0.15, 0.2) is 0 Å². The van der Waals surface area contributed by atoms with Gasteiger partial charge in [0.2, 0.25) is 15.9 Å². The molecule has 1 saturated heterocycles. The van der Waals surface area contributed by atoms with Crippen molar-refractivity contribution in [1.29, 1.82) is 0 Å². The number of ether oxygens (including phenoxy) is 3. The first kappa shape index (κ1) is 23.9. The lowest BCUT2D eigenvalue weighted by atomic mass is 9.98. The molecule has 0 unspecified atom stereocenters. The molecular weight excluding hydrogens is 432 g/mol. The topological polar surface area (TPSA) is 94.2 Å². The van der Waals surface area contributed by atoms with Gasteiger partial charge < -0.3 is 19.5 Å². The van der Waals surface area contributed by atoms with E-state index in [0.717, 1.165) is 11.1 Å². The molecule has 0 spiro atoms. The summed E-state index contributed by atoms with van der Waals surface area (Å²) in [6.45, 7) is 2.54. The molecule has 1 aliphatic rings. The third kappa shape index (κ3) is 4.99. The van der Waals surface area contributed by atoms with E-state index in [-0.39, 0.29) is 23.9 Å². The lowest BCUT2D eigenvalue weighted by Crippen LogP contribution is -2.45. The summed E-state index contributed by atoms with van der Waals surface area (Å²) in [5.41, 5.74) is 1.55. The van der Waals surface area contributed by atoms with Crippen molar-refractivity contribution in [3.05, 3.63) is 47.5 Å². The maximum Gasteiger partial charge on any atom is 0.246 e. The number of rotatable bonds is 8. The van der Waals surface area contributed by atoms with Gasteiger partial charge in [-0.1, -0.05) is 12.1 Å². The molecule has 1 atom stereocenters. The van der Waals surface area contributed by atoms with Crippen LogP contribution in [-0.2, 0) is 21.4 Å². The Balaban J connectivity index is 1.74. The summed E-state index contributed by atoms with van der Waals surface area (Å²) in [6, 6.07) is 10.5. The number of hydrogen-bond acceptors (Lipinski definition) is 6. The second kappa shape index (κ2) is 10.2. The van der Waals surface area contributed by atoms with Gasteiger partial charge in [-0.15, -0.1) is 0 Å². The summed E-state index contributed by atoms with van der Waals surface area (Å²) < 4.78 is 44.0. The minimum absolute atomic E-state index is 0.119. The Kier molecular flexibility index (Phi) is 7.63. The Bertz CT molecular complexity index is 1050. The molecule has 0 bridgehead atoms. The third-order valence-electron chi connectivity index (χ3n) is 5.66. The van der Waals surface area contributed by atoms with Gasteiger partial charge in [0, 0.05) is 13.1 Å². The highest BCUT2D eigenvalue weighted by molar-refractivity contribution is 7.89. The normalized spacial score (nSPS) is 16.9. The smallest absolute Gasteiger partial charge is 0.246 e. The van der Waals surface area contributed by atoms with E-state index in [1.165, 1.54) is 11.4 Å². The highest BCUT2D eigenvalue weighted by atomic mass is 32.2. The van der Waals surface area contributed by atoms with Gasteiger partial charge in [-0.2, -0.15) is 4.31 Å². The highest BCUT2D eigenvalue weighted by Gasteiger charge is 2.35. The van der Waals surface area contributed by atoms with Crippen molar-refractivity contribution in [2.45, 2.75) is 31.2 Å². The molecule has 1 aliphatic heterocycles. The van der Waals surface area contributed by atoms with Gasteiger partial charge in [-0.25, -0.2) is 8.42 Å². The minimum Gasteiger partial charge on any atom is -0.496 e. The third-order valence-corrected chi connectivity index (χ3v) is 7.55. The van der Waals surface area contributed by atoms with Gasteiger partial charge in [0.05, 0.1) is 39.4 Å². The summed E-state index contributed by atoms with van der Waals surface area (Å²) in [5, 5.41) is 2.92. The second-order valence-corrected chi connectivity index (χ2v) is 9.62. The molecule has 1 heterocycles. The molecule has 0 radical (unpaired) electrons. The number of aryl methyl sites for hydroxylation is 1. The van der Waals surface area contributed by atoms with Crippen molar-refractivity contribution >= 4 is 15.9 Å². The van der Waals surface area contributed by atoms with Crippen LogP contribution in [0.1, 0.15) is 24.0 Å². The number of piperidine rings is 1. The molecule has 0 aromatic heterocycles. The first-order chi connectivity index (χ1) is 15.3. The van der Waals surface area contributed by atoms with E-state index in [1.807, 2.05) is 13.0 Å². The largest absolute Gasteiger partial charge is 0.496 e. The maximum atomic E-state index is 13.3. The minimum atomic E-state index is -3.79. The molecule has 0 aliphatic carbocycles.